The Morgan fingerprint density at radius 2 is 1.77 bits per heavy atom. The van der Waals surface area contributed by atoms with Gasteiger partial charge in [-0.1, -0.05) is 17.3 Å². The van der Waals surface area contributed by atoms with E-state index in [-0.39, 0.29) is 17.6 Å². The number of rotatable bonds is 3. The average Bonchev–Trinajstić information content (AvgIpc) is 3.19. The van der Waals surface area contributed by atoms with Crippen LogP contribution in [0.2, 0.25) is 0 Å². The number of halogens is 1. The molecule has 132 valence electrons. The molecule has 1 aliphatic rings. The first kappa shape index (κ1) is 16.4. The molecule has 0 unspecified atom stereocenters. The van der Waals surface area contributed by atoms with E-state index >= 15 is 0 Å². The van der Waals surface area contributed by atoms with Crippen molar-refractivity contribution in [2.45, 2.75) is 0 Å². The van der Waals surface area contributed by atoms with Gasteiger partial charge in [-0.3, -0.25) is 4.79 Å². The molecular weight excluding hydrogens is 337 g/mol. The van der Waals surface area contributed by atoms with Crippen molar-refractivity contribution in [1.29, 1.82) is 0 Å². The topological polar surface area (TPSA) is 68.5 Å². The SMILES string of the molecule is O=C(c1ccccc1-c1nc(-c2ccc(F)cc2)no1)N1CCOCC1. The first-order valence-corrected chi connectivity index (χ1v) is 8.28. The molecule has 1 amide bonds. The van der Waals surface area contributed by atoms with Crippen LogP contribution in [0.25, 0.3) is 22.8 Å². The molecule has 1 fully saturated rings. The second-order valence-electron chi connectivity index (χ2n) is 5.88. The van der Waals surface area contributed by atoms with Crippen LogP contribution in [-0.2, 0) is 4.74 Å². The fourth-order valence-electron chi connectivity index (χ4n) is 2.84. The fraction of sp³-hybridized carbons (Fsp3) is 0.211. The number of aromatic nitrogens is 2. The number of hydrogen-bond acceptors (Lipinski definition) is 5. The van der Waals surface area contributed by atoms with Gasteiger partial charge in [0.2, 0.25) is 5.82 Å². The highest BCUT2D eigenvalue weighted by molar-refractivity contribution is 6.00. The Morgan fingerprint density at radius 3 is 2.54 bits per heavy atom. The highest BCUT2D eigenvalue weighted by atomic mass is 19.1. The molecule has 0 aliphatic carbocycles. The molecule has 0 bridgehead atoms. The molecule has 1 aliphatic heterocycles. The van der Waals surface area contributed by atoms with E-state index < -0.39 is 0 Å². The van der Waals surface area contributed by atoms with Crippen LogP contribution in [0.15, 0.2) is 53.1 Å². The molecule has 3 aromatic rings. The van der Waals surface area contributed by atoms with Crippen molar-refractivity contribution >= 4 is 5.91 Å². The van der Waals surface area contributed by atoms with E-state index in [1.54, 1.807) is 35.2 Å². The van der Waals surface area contributed by atoms with Gasteiger partial charge in [0, 0.05) is 18.7 Å². The summed E-state index contributed by atoms with van der Waals surface area (Å²) < 4.78 is 23.7. The molecule has 6 nitrogen and oxygen atoms in total. The predicted octanol–water partition coefficient (Wildman–Crippen LogP) is 3.02. The van der Waals surface area contributed by atoms with Crippen molar-refractivity contribution in [1.82, 2.24) is 15.0 Å². The summed E-state index contributed by atoms with van der Waals surface area (Å²) in [5.74, 6) is 0.166. The van der Waals surface area contributed by atoms with E-state index in [4.69, 9.17) is 9.26 Å². The molecule has 0 saturated carbocycles. The zero-order valence-electron chi connectivity index (χ0n) is 13.9. The predicted molar refractivity (Wildman–Crippen MR) is 91.9 cm³/mol. The van der Waals surface area contributed by atoms with Gasteiger partial charge in [-0.15, -0.1) is 0 Å². The summed E-state index contributed by atoms with van der Waals surface area (Å²) in [6.45, 7) is 2.17. The third-order valence-electron chi connectivity index (χ3n) is 4.21. The van der Waals surface area contributed by atoms with Crippen LogP contribution in [0.3, 0.4) is 0 Å². The van der Waals surface area contributed by atoms with Gasteiger partial charge in [-0.25, -0.2) is 4.39 Å². The zero-order chi connectivity index (χ0) is 17.9. The number of benzene rings is 2. The highest BCUT2D eigenvalue weighted by Crippen LogP contribution is 2.26. The van der Waals surface area contributed by atoms with Gasteiger partial charge in [0.05, 0.1) is 24.3 Å². The normalized spacial score (nSPS) is 14.4. The van der Waals surface area contributed by atoms with Crippen LogP contribution < -0.4 is 0 Å². The molecule has 26 heavy (non-hydrogen) atoms. The number of nitrogens with zero attached hydrogens (tertiary/aromatic N) is 3. The lowest BCUT2D eigenvalue weighted by atomic mass is 10.1. The van der Waals surface area contributed by atoms with E-state index in [2.05, 4.69) is 10.1 Å². The maximum Gasteiger partial charge on any atom is 0.259 e. The van der Waals surface area contributed by atoms with E-state index in [0.29, 0.717) is 48.8 Å². The van der Waals surface area contributed by atoms with Crippen molar-refractivity contribution in [2.75, 3.05) is 26.3 Å². The third-order valence-corrected chi connectivity index (χ3v) is 4.21. The number of amides is 1. The van der Waals surface area contributed by atoms with Crippen LogP contribution >= 0.6 is 0 Å². The molecule has 2 aromatic carbocycles. The van der Waals surface area contributed by atoms with E-state index in [1.807, 2.05) is 6.07 Å². The summed E-state index contributed by atoms with van der Waals surface area (Å²) in [7, 11) is 0. The van der Waals surface area contributed by atoms with E-state index in [0.717, 1.165) is 0 Å². The lowest BCUT2D eigenvalue weighted by molar-refractivity contribution is 0.0303. The van der Waals surface area contributed by atoms with E-state index in [1.165, 1.54) is 12.1 Å². The van der Waals surface area contributed by atoms with Crippen LogP contribution in [0, 0.1) is 5.82 Å². The molecule has 4 rings (SSSR count). The van der Waals surface area contributed by atoms with Crippen molar-refractivity contribution in [3.05, 3.63) is 59.9 Å². The minimum atomic E-state index is -0.334. The lowest BCUT2D eigenvalue weighted by Crippen LogP contribution is -2.40. The molecule has 0 atom stereocenters. The Balaban J connectivity index is 1.66. The number of carbonyl (C=O) groups is 1. The van der Waals surface area contributed by atoms with Crippen molar-refractivity contribution in [2.24, 2.45) is 0 Å². The van der Waals surface area contributed by atoms with Crippen LogP contribution in [0.1, 0.15) is 10.4 Å². The van der Waals surface area contributed by atoms with Gasteiger partial charge in [-0.05, 0) is 36.4 Å². The van der Waals surface area contributed by atoms with Gasteiger partial charge in [0.15, 0.2) is 0 Å². The summed E-state index contributed by atoms with van der Waals surface area (Å²) in [5.41, 5.74) is 1.71. The van der Waals surface area contributed by atoms with Gasteiger partial charge in [0.25, 0.3) is 11.8 Å². The summed E-state index contributed by atoms with van der Waals surface area (Å²) >= 11 is 0. The minimum Gasteiger partial charge on any atom is -0.378 e. The Kier molecular flexibility index (Phi) is 4.45. The summed E-state index contributed by atoms with van der Waals surface area (Å²) in [5, 5.41) is 3.95. The summed E-state index contributed by atoms with van der Waals surface area (Å²) in [6, 6.07) is 13.0. The standard InChI is InChI=1S/C19H16FN3O3/c20-14-7-5-13(6-8-14)17-21-18(26-22-17)15-3-1-2-4-16(15)19(24)23-9-11-25-12-10-23/h1-8H,9-12H2. The largest absolute Gasteiger partial charge is 0.378 e. The molecule has 0 N–H and O–H groups in total. The maximum absolute atomic E-state index is 13.1. The molecule has 1 saturated heterocycles. The molecular formula is C19H16FN3O3. The fourth-order valence-corrected chi connectivity index (χ4v) is 2.84. The van der Waals surface area contributed by atoms with Gasteiger partial charge < -0.3 is 14.2 Å². The maximum atomic E-state index is 13.1. The van der Waals surface area contributed by atoms with Crippen molar-refractivity contribution < 1.29 is 18.4 Å². The third kappa shape index (κ3) is 3.21. The first-order valence-electron chi connectivity index (χ1n) is 8.28. The zero-order valence-corrected chi connectivity index (χ0v) is 13.9. The van der Waals surface area contributed by atoms with Crippen molar-refractivity contribution in [3.63, 3.8) is 0 Å². The highest BCUT2D eigenvalue weighted by Gasteiger charge is 2.23. The monoisotopic (exact) mass is 353 g/mol. The van der Waals surface area contributed by atoms with Gasteiger partial charge >= 0.3 is 0 Å². The number of ether oxygens (including phenoxy) is 1. The molecule has 0 radical (unpaired) electrons. The number of morpholine rings is 1. The Labute approximate surface area is 149 Å². The van der Waals surface area contributed by atoms with Crippen molar-refractivity contribution in [3.8, 4) is 22.8 Å². The second-order valence-corrected chi connectivity index (χ2v) is 5.88. The first-order chi connectivity index (χ1) is 12.7. The van der Waals surface area contributed by atoms with Gasteiger partial charge in [-0.2, -0.15) is 4.98 Å². The quantitative estimate of drug-likeness (QED) is 0.724. The van der Waals surface area contributed by atoms with Gasteiger partial charge in [0.1, 0.15) is 5.82 Å². The summed E-state index contributed by atoms with van der Waals surface area (Å²) in [6.07, 6.45) is 0. The Morgan fingerprint density at radius 1 is 1.04 bits per heavy atom. The lowest BCUT2D eigenvalue weighted by Gasteiger charge is -2.27. The van der Waals surface area contributed by atoms with Crippen LogP contribution in [0.5, 0.6) is 0 Å². The number of hydrogen-bond donors (Lipinski definition) is 0. The number of carbonyl (C=O) groups excluding carboxylic acids is 1. The second kappa shape index (κ2) is 7.05. The smallest absolute Gasteiger partial charge is 0.259 e. The Bertz CT molecular complexity index is 918. The molecule has 1 aromatic heterocycles. The van der Waals surface area contributed by atoms with Crippen LogP contribution in [0.4, 0.5) is 4.39 Å². The molecule has 7 heteroatoms. The Hall–Kier alpha value is -3.06. The van der Waals surface area contributed by atoms with E-state index in [9.17, 15) is 9.18 Å². The minimum absolute atomic E-state index is 0.0922. The molecule has 2 heterocycles. The van der Waals surface area contributed by atoms with Crippen LogP contribution in [-0.4, -0.2) is 47.3 Å². The summed E-state index contributed by atoms with van der Waals surface area (Å²) in [4.78, 5) is 19.0. The average molecular weight is 353 g/mol. The molecule has 0 spiro atoms.